The van der Waals surface area contributed by atoms with E-state index in [2.05, 4.69) is 31.2 Å². The van der Waals surface area contributed by atoms with Gasteiger partial charge in [0.15, 0.2) is 0 Å². The highest BCUT2D eigenvalue weighted by Crippen LogP contribution is 2.17. The van der Waals surface area contributed by atoms with Gasteiger partial charge in [-0.2, -0.15) is 0 Å². The Morgan fingerprint density at radius 3 is 2.59 bits per heavy atom. The van der Waals surface area contributed by atoms with Gasteiger partial charge in [0.25, 0.3) is 0 Å². The lowest BCUT2D eigenvalue weighted by molar-refractivity contribution is -0.119. The van der Waals surface area contributed by atoms with Crippen molar-refractivity contribution in [2.75, 3.05) is 13.2 Å². The molecule has 1 fully saturated rings. The average Bonchev–Trinajstić information content (AvgIpc) is 2.82. The van der Waals surface area contributed by atoms with Crippen LogP contribution in [-0.2, 0) is 22.4 Å². The Morgan fingerprint density at radius 1 is 1.29 bits per heavy atom. The van der Waals surface area contributed by atoms with Gasteiger partial charge in [0.2, 0.25) is 0 Å². The first-order valence-electron chi connectivity index (χ1n) is 6.45. The Hall–Kier alpha value is -1.15. The minimum Gasteiger partial charge on any atom is -0.381 e. The first kappa shape index (κ1) is 12.3. The van der Waals surface area contributed by atoms with E-state index in [1.165, 1.54) is 5.56 Å². The quantitative estimate of drug-likeness (QED) is 0.780. The largest absolute Gasteiger partial charge is 0.381 e. The van der Waals surface area contributed by atoms with E-state index >= 15 is 0 Å². The maximum absolute atomic E-state index is 11.9. The Morgan fingerprint density at radius 2 is 2.00 bits per heavy atom. The van der Waals surface area contributed by atoms with Gasteiger partial charge in [-0.3, -0.25) is 4.79 Å². The van der Waals surface area contributed by atoms with Gasteiger partial charge in [0, 0.05) is 26.1 Å². The van der Waals surface area contributed by atoms with Crippen LogP contribution in [0.3, 0.4) is 0 Å². The molecular formula is C15H20O2. The van der Waals surface area contributed by atoms with Gasteiger partial charge in [0.05, 0.1) is 0 Å². The second kappa shape index (κ2) is 5.97. The molecule has 92 valence electrons. The summed E-state index contributed by atoms with van der Waals surface area (Å²) in [5.41, 5.74) is 2.46. The average molecular weight is 232 g/mol. The van der Waals surface area contributed by atoms with E-state index in [9.17, 15) is 4.79 Å². The molecule has 0 saturated carbocycles. The van der Waals surface area contributed by atoms with E-state index < -0.39 is 0 Å². The third-order valence-corrected chi connectivity index (χ3v) is 3.37. The fourth-order valence-corrected chi connectivity index (χ4v) is 2.26. The predicted octanol–water partition coefficient (Wildman–Crippen LogP) is 2.79. The van der Waals surface area contributed by atoms with E-state index in [1.807, 2.05) is 0 Å². The van der Waals surface area contributed by atoms with Crippen molar-refractivity contribution >= 4 is 5.78 Å². The summed E-state index contributed by atoms with van der Waals surface area (Å²) in [6.45, 7) is 3.73. The Bertz CT molecular complexity index is 361. The molecule has 1 saturated heterocycles. The normalized spacial score (nSPS) is 19.5. The topological polar surface area (TPSA) is 26.3 Å². The molecule has 1 aromatic carbocycles. The predicted molar refractivity (Wildman–Crippen MR) is 68.1 cm³/mol. The van der Waals surface area contributed by atoms with Crippen LogP contribution < -0.4 is 0 Å². The first-order valence-corrected chi connectivity index (χ1v) is 6.45. The highest BCUT2D eigenvalue weighted by molar-refractivity contribution is 5.81. The molecule has 1 heterocycles. The molecule has 0 N–H and O–H groups in total. The van der Waals surface area contributed by atoms with E-state index in [1.54, 1.807) is 0 Å². The molecule has 17 heavy (non-hydrogen) atoms. The van der Waals surface area contributed by atoms with Crippen LogP contribution in [0.4, 0.5) is 0 Å². The van der Waals surface area contributed by atoms with Crippen LogP contribution in [-0.4, -0.2) is 19.0 Å². The smallest absolute Gasteiger partial charge is 0.137 e. The number of carbonyl (C=O) groups is 1. The fraction of sp³-hybridized carbons (Fsp3) is 0.533. The molecule has 0 amide bonds. The molecule has 0 aromatic heterocycles. The van der Waals surface area contributed by atoms with Crippen molar-refractivity contribution in [2.24, 2.45) is 5.92 Å². The zero-order chi connectivity index (χ0) is 12.1. The number of carbonyl (C=O) groups excluding carboxylic acids is 1. The van der Waals surface area contributed by atoms with Crippen molar-refractivity contribution in [3.05, 3.63) is 35.4 Å². The molecule has 1 atom stereocenters. The van der Waals surface area contributed by atoms with E-state index in [-0.39, 0.29) is 0 Å². The summed E-state index contributed by atoms with van der Waals surface area (Å²) in [5, 5.41) is 0. The molecule has 2 nitrogen and oxygen atoms in total. The van der Waals surface area contributed by atoms with Gasteiger partial charge in [0.1, 0.15) is 5.78 Å². The Balaban J connectivity index is 1.84. The highest BCUT2D eigenvalue weighted by Gasteiger charge is 2.18. The van der Waals surface area contributed by atoms with Gasteiger partial charge in [-0.1, -0.05) is 31.2 Å². The molecule has 0 spiro atoms. The van der Waals surface area contributed by atoms with Crippen molar-refractivity contribution in [3.8, 4) is 0 Å². The molecule has 0 aliphatic carbocycles. The number of ether oxygens (including phenoxy) is 1. The highest BCUT2D eigenvalue weighted by atomic mass is 16.5. The standard InChI is InChI=1S/C15H20O2/c1-2-12-3-5-13(6-4-12)9-15(16)10-14-7-8-17-11-14/h3-6,14H,2,7-11H2,1H3. The van der Waals surface area contributed by atoms with Crippen molar-refractivity contribution in [1.29, 1.82) is 0 Å². The second-order valence-corrected chi connectivity index (χ2v) is 4.82. The van der Waals surface area contributed by atoms with Crippen molar-refractivity contribution in [3.63, 3.8) is 0 Å². The second-order valence-electron chi connectivity index (χ2n) is 4.82. The number of Topliss-reactive ketones (excluding diaryl/α,β-unsaturated/α-hetero) is 1. The summed E-state index contributed by atoms with van der Waals surface area (Å²) < 4.78 is 5.29. The zero-order valence-corrected chi connectivity index (χ0v) is 10.4. The van der Waals surface area contributed by atoms with Crippen LogP contribution >= 0.6 is 0 Å². The summed E-state index contributed by atoms with van der Waals surface area (Å²) in [6, 6.07) is 8.37. The lowest BCUT2D eigenvalue weighted by atomic mass is 9.97. The molecule has 1 unspecified atom stereocenters. The SMILES string of the molecule is CCc1ccc(CC(=O)CC2CCOC2)cc1. The summed E-state index contributed by atoms with van der Waals surface area (Å²) in [7, 11) is 0. The maximum atomic E-state index is 11.9. The number of benzene rings is 1. The monoisotopic (exact) mass is 232 g/mol. The lowest BCUT2D eigenvalue weighted by Crippen LogP contribution is -2.10. The van der Waals surface area contributed by atoms with E-state index in [0.717, 1.165) is 31.6 Å². The minimum atomic E-state index is 0.338. The van der Waals surface area contributed by atoms with Crippen LogP contribution in [0.1, 0.15) is 30.9 Å². The summed E-state index contributed by atoms with van der Waals surface area (Å²) >= 11 is 0. The van der Waals surface area contributed by atoms with E-state index in [0.29, 0.717) is 24.5 Å². The zero-order valence-electron chi connectivity index (χ0n) is 10.4. The number of rotatable bonds is 5. The third-order valence-electron chi connectivity index (χ3n) is 3.37. The van der Waals surface area contributed by atoms with Crippen LogP contribution in [0, 0.1) is 5.92 Å². The fourth-order valence-electron chi connectivity index (χ4n) is 2.26. The Kier molecular flexibility index (Phi) is 4.32. The van der Waals surface area contributed by atoms with Gasteiger partial charge in [-0.15, -0.1) is 0 Å². The van der Waals surface area contributed by atoms with Crippen molar-refractivity contribution < 1.29 is 9.53 Å². The van der Waals surface area contributed by atoms with Crippen LogP contribution in [0.25, 0.3) is 0 Å². The van der Waals surface area contributed by atoms with Gasteiger partial charge in [-0.25, -0.2) is 0 Å². The van der Waals surface area contributed by atoms with Gasteiger partial charge in [-0.05, 0) is 29.9 Å². The van der Waals surface area contributed by atoms with E-state index in [4.69, 9.17) is 4.74 Å². The number of ketones is 1. The van der Waals surface area contributed by atoms with Crippen LogP contribution in [0.5, 0.6) is 0 Å². The van der Waals surface area contributed by atoms with Crippen molar-refractivity contribution in [1.82, 2.24) is 0 Å². The molecular weight excluding hydrogens is 212 g/mol. The lowest BCUT2D eigenvalue weighted by Gasteiger charge is -2.06. The molecule has 1 aliphatic heterocycles. The maximum Gasteiger partial charge on any atom is 0.137 e. The Labute approximate surface area is 103 Å². The molecule has 0 radical (unpaired) electrons. The van der Waals surface area contributed by atoms with Crippen LogP contribution in [0.15, 0.2) is 24.3 Å². The number of hydrogen-bond acceptors (Lipinski definition) is 2. The summed E-state index contributed by atoms with van der Waals surface area (Å²) in [5.74, 6) is 0.794. The molecule has 1 aromatic rings. The third kappa shape index (κ3) is 3.67. The van der Waals surface area contributed by atoms with Crippen LogP contribution in [0.2, 0.25) is 0 Å². The molecule has 2 rings (SSSR count). The summed E-state index contributed by atoms with van der Waals surface area (Å²) in [6.07, 6.45) is 3.34. The van der Waals surface area contributed by atoms with Crippen molar-refractivity contribution in [2.45, 2.75) is 32.6 Å². The first-order chi connectivity index (χ1) is 8.28. The minimum absolute atomic E-state index is 0.338. The molecule has 0 bridgehead atoms. The molecule has 2 heteroatoms. The van der Waals surface area contributed by atoms with Gasteiger partial charge < -0.3 is 4.74 Å². The molecule has 1 aliphatic rings. The summed E-state index contributed by atoms with van der Waals surface area (Å²) in [4.78, 5) is 11.9. The number of aryl methyl sites for hydroxylation is 1. The van der Waals surface area contributed by atoms with Gasteiger partial charge >= 0.3 is 0 Å². The number of hydrogen-bond donors (Lipinski definition) is 0.